The summed E-state index contributed by atoms with van der Waals surface area (Å²) in [5, 5.41) is 44.1. The quantitative estimate of drug-likeness (QED) is 0.0236. The molecule has 0 radical (unpaired) electrons. The Morgan fingerprint density at radius 3 is 1.25 bits per heavy atom. The first-order valence-electron chi connectivity index (χ1n) is 44.6. The van der Waals surface area contributed by atoms with Gasteiger partial charge in [0.25, 0.3) is 35.4 Å². The summed E-state index contributed by atoms with van der Waals surface area (Å²) in [5.74, 6) is -5.14. The Kier molecular flexibility index (Phi) is 27.0. The van der Waals surface area contributed by atoms with Crippen LogP contribution in [-0.2, 0) is 41.5 Å². The fourth-order valence-corrected chi connectivity index (χ4v) is 18.7. The predicted octanol–water partition coefficient (Wildman–Crippen LogP) is 10.2. The van der Waals surface area contributed by atoms with Crippen LogP contribution >= 0.6 is 0 Å². The number of nitrogens with zero attached hydrogens (tertiary/aromatic N) is 9. The fraction of sp³-hybridized carbons (Fsp3) is 0.375. The number of piperazine rings is 2. The van der Waals surface area contributed by atoms with Crippen LogP contribution in [0.15, 0.2) is 146 Å². The highest BCUT2D eigenvalue weighted by molar-refractivity contribution is 6.25. The Morgan fingerprint density at radius 2 is 0.832 bits per heavy atom. The highest BCUT2D eigenvalue weighted by Gasteiger charge is 2.47. The molecule has 20 rings (SSSR count). The van der Waals surface area contributed by atoms with Crippen molar-refractivity contribution < 1.29 is 80.1 Å². The van der Waals surface area contributed by atoms with Crippen LogP contribution in [0.4, 0.5) is 63.3 Å². The molecule has 0 saturated carbocycles. The number of aliphatic hydroxyl groups excluding tert-OH is 1. The number of aromatic amines is 2. The number of anilines is 8. The average molecular weight is 1790 g/mol. The van der Waals surface area contributed by atoms with Gasteiger partial charge in [-0.15, -0.1) is 0 Å². The number of nitrogens with one attached hydrogen (secondary N) is 9. The van der Waals surface area contributed by atoms with E-state index in [1.165, 1.54) is 24.3 Å². The molecule has 35 heteroatoms. The van der Waals surface area contributed by atoms with Gasteiger partial charge in [-0.25, -0.2) is 17.6 Å². The second-order valence-corrected chi connectivity index (χ2v) is 34.6. The summed E-state index contributed by atoms with van der Waals surface area (Å²) in [6, 6.07) is 38.9. The number of piperidine rings is 2. The summed E-state index contributed by atoms with van der Waals surface area (Å²) in [4.78, 5) is 141. The second kappa shape index (κ2) is 39.5. The summed E-state index contributed by atoms with van der Waals surface area (Å²) in [5.41, 5.74) is 11.8. The number of halogens is 4. The SMILES string of the molecule is CCC1CN(c2ccc3c(c2)C(=O)N(C2CCC(=O)NC2=O)C3=O)C1.CO.O=C(Nc1n[nH]c2ccc(Cc3cc(F)cc(F)c3)cc12)c1ccc(N2CCNCC2)cc1NC1CCOCC1.O=C1CCC(N2C(=O)c3ccc(N4CC(CN5CCN(c6ccc(C(=O)Nc7n[nH]c8ccc(Cc9cc(F)cc(F)c9)cc78)c(NC7CCOCC7)c6)CC5)C4)cc3C2=O)C(=O)N1. The minimum Gasteiger partial charge on any atom is -0.400 e. The largest absolute Gasteiger partial charge is 0.400 e. The summed E-state index contributed by atoms with van der Waals surface area (Å²) in [6.45, 7) is 16.3. The third-order valence-electron chi connectivity index (χ3n) is 25.8. The molecule has 0 spiro atoms. The number of aliphatic hydroxyl groups is 1. The molecule has 10 aliphatic rings. The molecular weight excluding hydrogens is 1690 g/mol. The molecule has 31 nitrogen and oxygen atoms in total. The number of imide groups is 4. The van der Waals surface area contributed by atoms with Crippen LogP contribution in [-0.4, -0.2) is 242 Å². The van der Waals surface area contributed by atoms with E-state index in [-0.39, 0.29) is 66.6 Å². The Morgan fingerprint density at radius 1 is 0.435 bits per heavy atom. The number of hydrogen-bond acceptors (Lipinski definition) is 23. The Hall–Kier alpha value is -13.5. The van der Waals surface area contributed by atoms with Gasteiger partial charge >= 0.3 is 0 Å². The van der Waals surface area contributed by atoms with E-state index in [0.717, 1.165) is 202 Å². The number of fused-ring (bicyclic) bond motifs is 4. The van der Waals surface area contributed by atoms with Gasteiger partial charge in [0, 0.05) is 206 Å². The van der Waals surface area contributed by atoms with Crippen LogP contribution in [0.2, 0.25) is 0 Å². The number of carbonyl (C=O) groups excluding carboxylic acids is 10. The maximum absolute atomic E-state index is 14.0. The molecule has 131 heavy (non-hydrogen) atoms. The van der Waals surface area contributed by atoms with Gasteiger partial charge in [-0.2, -0.15) is 10.2 Å². The zero-order valence-electron chi connectivity index (χ0n) is 72.5. The van der Waals surface area contributed by atoms with Crippen LogP contribution in [0, 0.1) is 35.1 Å². The summed E-state index contributed by atoms with van der Waals surface area (Å²) in [7, 11) is 1.00. The summed E-state index contributed by atoms with van der Waals surface area (Å²) in [6.07, 6.45) is 5.66. The Bertz CT molecular complexity index is 6030. The van der Waals surface area contributed by atoms with Crippen molar-refractivity contribution in [1.29, 1.82) is 0 Å². The van der Waals surface area contributed by atoms with E-state index >= 15 is 0 Å². The number of H-pyrrole nitrogens is 2. The van der Waals surface area contributed by atoms with Crippen molar-refractivity contribution in [2.24, 2.45) is 11.8 Å². The van der Waals surface area contributed by atoms with E-state index in [4.69, 9.17) is 14.6 Å². The van der Waals surface area contributed by atoms with E-state index in [9.17, 15) is 65.5 Å². The van der Waals surface area contributed by atoms with Gasteiger partial charge in [-0.3, -0.25) is 83.5 Å². The van der Waals surface area contributed by atoms with E-state index in [0.29, 0.717) is 107 Å². The van der Waals surface area contributed by atoms with Crippen molar-refractivity contribution in [2.75, 3.05) is 159 Å². The first kappa shape index (κ1) is 89.5. The van der Waals surface area contributed by atoms with Crippen LogP contribution in [0.5, 0.6) is 0 Å². The first-order chi connectivity index (χ1) is 63.5. The van der Waals surface area contributed by atoms with Crippen LogP contribution in [0.25, 0.3) is 21.8 Å². The van der Waals surface area contributed by atoms with Gasteiger partial charge in [0.2, 0.25) is 23.6 Å². The van der Waals surface area contributed by atoms with Crippen molar-refractivity contribution in [3.63, 3.8) is 0 Å². The third-order valence-corrected chi connectivity index (χ3v) is 25.8. The van der Waals surface area contributed by atoms with Crippen LogP contribution in [0.3, 0.4) is 0 Å². The maximum atomic E-state index is 14.0. The highest BCUT2D eigenvalue weighted by atomic mass is 19.1. The number of carbonyl (C=O) groups is 10. The highest BCUT2D eigenvalue weighted by Crippen LogP contribution is 2.39. The minimum atomic E-state index is -0.993. The van der Waals surface area contributed by atoms with Gasteiger partial charge in [0.05, 0.1) is 44.4 Å². The van der Waals surface area contributed by atoms with Crippen molar-refractivity contribution in [1.82, 2.24) is 51.0 Å². The molecule has 10 aliphatic heterocycles. The molecule has 2 unspecified atom stereocenters. The van der Waals surface area contributed by atoms with Crippen LogP contribution in [0.1, 0.15) is 149 Å². The average Bonchev–Trinajstić information content (AvgIpc) is 1.60. The number of hydrogen-bond donors (Lipinski definition) is 10. The summed E-state index contributed by atoms with van der Waals surface area (Å²) >= 11 is 0. The van der Waals surface area contributed by atoms with E-state index in [1.807, 2.05) is 72.8 Å². The number of amides is 10. The molecule has 0 bridgehead atoms. The number of ether oxygens (including phenoxy) is 2. The number of rotatable bonds is 21. The minimum absolute atomic E-state index is 0.0756. The van der Waals surface area contributed by atoms with E-state index in [1.54, 1.807) is 24.3 Å². The van der Waals surface area contributed by atoms with Crippen LogP contribution < -0.4 is 56.8 Å². The van der Waals surface area contributed by atoms with Gasteiger partial charge in [-0.1, -0.05) is 19.1 Å². The first-order valence-corrected chi connectivity index (χ1v) is 44.6. The lowest BCUT2D eigenvalue weighted by atomic mass is 9.96. The molecule has 10 aromatic rings. The van der Waals surface area contributed by atoms with E-state index < -0.39 is 76.7 Å². The van der Waals surface area contributed by atoms with Gasteiger partial charge in [0.1, 0.15) is 35.4 Å². The zero-order chi connectivity index (χ0) is 91.3. The lowest BCUT2D eigenvalue weighted by molar-refractivity contribution is -0.137. The molecular formula is C96H102F4N18O13. The van der Waals surface area contributed by atoms with Crippen molar-refractivity contribution in [3.8, 4) is 0 Å². The molecule has 8 aromatic carbocycles. The second-order valence-electron chi connectivity index (χ2n) is 34.6. The number of aromatic nitrogens is 4. The normalized spacial score (nSPS) is 19.2. The predicted molar refractivity (Wildman–Crippen MR) is 484 cm³/mol. The fourth-order valence-electron chi connectivity index (χ4n) is 18.7. The molecule has 8 fully saturated rings. The molecule has 12 heterocycles. The summed E-state index contributed by atoms with van der Waals surface area (Å²) < 4.78 is 66.3. The van der Waals surface area contributed by atoms with Gasteiger partial charge in [-0.05, 0) is 207 Å². The maximum Gasteiger partial charge on any atom is 0.262 e. The molecule has 8 saturated heterocycles. The molecule has 2 aromatic heterocycles. The molecule has 2 atom stereocenters. The Balaban J connectivity index is 0.000000152. The molecule has 0 aliphatic carbocycles. The third kappa shape index (κ3) is 20.0. The number of benzene rings is 8. The standard InChI is InChI=1S/C47H47F2N9O6.C30H32F2N6O2.C18H19N3O4.CH4O/c48-30-18-28(19-31(49)21-30)17-27-1-6-39-38(20-27)43(54-53-39)52-44(60)36-5-3-34(23-40(36)50-32-9-15-64-16-10-32)56-13-11-55(12-14-56)24-29-25-57(26-29)33-2-4-35-37(22-33)47(63)58(46(35)62)41-7-8-42(59)51-45(41)61;31-21-14-20(15-22(32)17-21)13-19-1-4-27-26(16-19)29(37-36-27)35-30(39)25-3-2-24(38-9-7-33-8-10-38)18-28(25)34-23-5-11-40-12-6-23;1-2-10-8-20(9-10)11-3-4-12-13(7-11)18(25)21(17(12)24)14-5-6-15(22)19-16(14)23;1-2/h1-6,18-23,29,32,41,50H,7-17,24-26H2,(H,51,59,61)(H2,52,53,54,60);1-4,14-18,23,33-34H,5-13H2,(H2,35,36,37,39);3-4,7,10,14H,2,5-6,8-9H2,1H3,(H,19,22,23);2H,1H3. The molecule has 10 N–H and O–H groups in total. The van der Waals surface area contributed by atoms with Crippen molar-refractivity contribution in [3.05, 3.63) is 224 Å². The van der Waals surface area contributed by atoms with Gasteiger partial charge < -0.3 is 60.8 Å². The lowest BCUT2D eigenvalue weighted by Crippen LogP contribution is -2.55. The van der Waals surface area contributed by atoms with Gasteiger partial charge in [0.15, 0.2) is 11.6 Å². The van der Waals surface area contributed by atoms with Crippen molar-refractivity contribution >= 4 is 127 Å². The Labute approximate surface area is 751 Å². The smallest absolute Gasteiger partial charge is 0.262 e. The van der Waals surface area contributed by atoms with E-state index in [2.05, 4.69) is 101 Å². The molecule has 682 valence electrons. The zero-order valence-corrected chi connectivity index (χ0v) is 72.5. The topological polar surface area (TPSA) is 374 Å². The lowest BCUT2D eigenvalue weighted by Gasteiger charge is -2.45. The molecule has 10 amide bonds. The van der Waals surface area contributed by atoms with Crippen molar-refractivity contribution in [2.45, 2.75) is 102 Å². The monoisotopic (exact) mass is 1790 g/mol.